The maximum atomic E-state index is 8.70. The Bertz CT molecular complexity index is 534. The second-order valence-corrected chi connectivity index (χ2v) is 4.19. The van der Waals surface area contributed by atoms with Crippen LogP contribution in [0.4, 0.5) is 0 Å². The van der Waals surface area contributed by atoms with Crippen molar-refractivity contribution >= 4 is 0 Å². The Balaban J connectivity index is 1.75. The molecule has 2 aromatic rings. The lowest BCUT2D eigenvalue weighted by atomic mass is 10.1. The Morgan fingerprint density at radius 3 is 2.72 bits per heavy atom. The van der Waals surface area contributed by atoms with Gasteiger partial charge in [0, 0.05) is 39.0 Å². The molecule has 0 saturated heterocycles. The van der Waals surface area contributed by atoms with Gasteiger partial charge in [-0.2, -0.15) is 5.26 Å². The molecule has 1 aromatic carbocycles. The minimum Gasteiger partial charge on any atom is -0.338 e. The third kappa shape index (κ3) is 3.19. The van der Waals surface area contributed by atoms with Crippen LogP contribution in [-0.2, 0) is 20.0 Å². The van der Waals surface area contributed by atoms with E-state index in [0.717, 1.165) is 25.3 Å². The van der Waals surface area contributed by atoms with Gasteiger partial charge in [-0.25, -0.2) is 4.98 Å². The number of benzene rings is 1. The summed E-state index contributed by atoms with van der Waals surface area (Å²) in [5.74, 6) is 1.09. The molecule has 0 radical (unpaired) electrons. The fourth-order valence-electron chi connectivity index (χ4n) is 1.77. The molecule has 0 unspecified atom stereocenters. The molecule has 0 spiro atoms. The second kappa shape index (κ2) is 5.99. The van der Waals surface area contributed by atoms with Crippen LogP contribution in [0.2, 0.25) is 0 Å². The third-order valence-electron chi connectivity index (χ3n) is 2.86. The molecular formula is C14H16N4. The van der Waals surface area contributed by atoms with E-state index in [0.29, 0.717) is 5.56 Å². The van der Waals surface area contributed by atoms with Crippen LogP contribution in [0.25, 0.3) is 0 Å². The van der Waals surface area contributed by atoms with Crippen molar-refractivity contribution < 1.29 is 0 Å². The standard InChI is InChI=1S/C14H16N4/c1-18-9-8-17-14(18)6-7-16-11-13-4-2-12(10-15)3-5-13/h2-5,8-9,16H,6-7,11H2,1H3. The minimum atomic E-state index is 0.701. The summed E-state index contributed by atoms with van der Waals surface area (Å²) in [5.41, 5.74) is 1.89. The summed E-state index contributed by atoms with van der Waals surface area (Å²) in [4.78, 5) is 4.27. The number of rotatable bonds is 5. The van der Waals surface area contributed by atoms with E-state index >= 15 is 0 Å². The Hall–Kier alpha value is -2.12. The van der Waals surface area contributed by atoms with E-state index < -0.39 is 0 Å². The number of nitriles is 1. The Kier molecular flexibility index (Phi) is 4.11. The van der Waals surface area contributed by atoms with Gasteiger partial charge in [0.25, 0.3) is 0 Å². The number of nitrogens with one attached hydrogen (secondary N) is 1. The van der Waals surface area contributed by atoms with Gasteiger partial charge >= 0.3 is 0 Å². The normalized spacial score (nSPS) is 10.2. The fourth-order valence-corrected chi connectivity index (χ4v) is 1.77. The molecule has 0 aliphatic carbocycles. The highest BCUT2D eigenvalue weighted by molar-refractivity contribution is 5.31. The van der Waals surface area contributed by atoms with E-state index in [9.17, 15) is 0 Å². The van der Waals surface area contributed by atoms with E-state index in [1.54, 1.807) is 0 Å². The molecule has 0 bridgehead atoms. The molecule has 4 nitrogen and oxygen atoms in total. The zero-order valence-corrected chi connectivity index (χ0v) is 10.4. The second-order valence-electron chi connectivity index (χ2n) is 4.19. The van der Waals surface area contributed by atoms with Gasteiger partial charge in [0.05, 0.1) is 11.6 Å². The molecule has 1 heterocycles. The van der Waals surface area contributed by atoms with Crippen molar-refractivity contribution in [2.75, 3.05) is 6.54 Å². The largest absolute Gasteiger partial charge is 0.338 e. The van der Waals surface area contributed by atoms with Crippen molar-refractivity contribution in [2.45, 2.75) is 13.0 Å². The van der Waals surface area contributed by atoms with Gasteiger partial charge in [-0.05, 0) is 17.7 Å². The highest BCUT2D eigenvalue weighted by atomic mass is 15.0. The predicted octanol–water partition coefficient (Wildman–Crippen LogP) is 1.62. The molecular weight excluding hydrogens is 224 g/mol. The van der Waals surface area contributed by atoms with Crippen molar-refractivity contribution in [1.29, 1.82) is 5.26 Å². The molecule has 0 aliphatic rings. The maximum Gasteiger partial charge on any atom is 0.109 e. The lowest BCUT2D eigenvalue weighted by Gasteiger charge is -2.05. The van der Waals surface area contributed by atoms with Crippen LogP contribution in [0.5, 0.6) is 0 Å². The van der Waals surface area contributed by atoms with E-state index in [2.05, 4.69) is 16.4 Å². The van der Waals surface area contributed by atoms with Crippen LogP contribution in [-0.4, -0.2) is 16.1 Å². The summed E-state index contributed by atoms with van der Waals surface area (Å²) in [6.45, 7) is 1.71. The number of hydrogen-bond acceptors (Lipinski definition) is 3. The van der Waals surface area contributed by atoms with E-state index in [-0.39, 0.29) is 0 Å². The molecule has 0 amide bonds. The Morgan fingerprint density at radius 1 is 1.33 bits per heavy atom. The number of aryl methyl sites for hydroxylation is 1. The van der Waals surface area contributed by atoms with Crippen molar-refractivity contribution in [3.8, 4) is 6.07 Å². The number of nitrogens with zero attached hydrogens (tertiary/aromatic N) is 3. The van der Waals surface area contributed by atoms with Gasteiger partial charge in [0.1, 0.15) is 5.82 Å². The van der Waals surface area contributed by atoms with Crippen molar-refractivity contribution in [1.82, 2.24) is 14.9 Å². The van der Waals surface area contributed by atoms with Gasteiger partial charge in [0.15, 0.2) is 0 Å². The van der Waals surface area contributed by atoms with Crippen LogP contribution in [0.3, 0.4) is 0 Å². The lowest BCUT2D eigenvalue weighted by molar-refractivity contribution is 0.655. The molecule has 2 rings (SSSR count). The zero-order chi connectivity index (χ0) is 12.8. The Morgan fingerprint density at radius 2 is 2.11 bits per heavy atom. The first-order chi connectivity index (χ1) is 8.79. The van der Waals surface area contributed by atoms with Gasteiger partial charge in [0.2, 0.25) is 0 Å². The van der Waals surface area contributed by atoms with Crippen LogP contribution in [0.1, 0.15) is 17.0 Å². The van der Waals surface area contributed by atoms with Gasteiger partial charge in [-0.1, -0.05) is 12.1 Å². The monoisotopic (exact) mass is 240 g/mol. The molecule has 1 aromatic heterocycles. The average molecular weight is 240 g/mol. The first-order valence-electron chi connectivity index (χ1n) is 5.95. The molecule has 1 N–H and O–H groups in total. The first-order valence-corrected chi connectivity index (χ1v) is 5.95. The van der Waals surface area contributed by atoms with Crippen LogP contribution < -0.4 is 5.32 Å². The van der Waals surface area contributed by atoms with Crippen LogP contribution >= 0.6 is 0 Å². The summed E-state index contributed by atoms with van der Waals surface area (Å²) in [5, 5.41) is 12.1. The van der Waals surface area contributed by atoms with E-state index in [4.69, 9.17) is 5.26 Å². The van der Waals surface area contributed by atoms with Gasteiger partial charge in [-0.3, -0.25) is 0 Å². The van der Waals surface area contributed by atoms with Crippen LogP contribution in [0, 0.1) is 11.3 Å². The molecule has 4 heteroatoms. The summed E-state index contributed by atoms with van der Waals surface area (Å²) < 4.78 is 2.03. The zero-order valence-electron chi connectivity index (χ0n) is 10.4. The first kappa shape index (κ1) is 12.3. The molecule has 18 heavy (non-hydrogen) atoms. The Labute approximate surface area is 107 Å². The van der Waals surface area contributed by atoms with Crippen molar-refractivity contribution in [2.24, 2.45) is 7.05 Å². The average Bonchev–Trinajstić information content (AvgIpc) is 2.81. The highest BCUT2D eigenvalue weighted by Crippen LogP contribution is 2.02. The van der Waals surface area contributed by atoms with Gasteiger partial charge < -0.3 is 9.88 Å². The van der Waals surface area contributed by atoms with Crippen molar-refractivity contribution in [3.05, 3.63) is 53.6 Å². The van der Waals surface area contributed by atoms with E-state index in [1.807, 2.05) is 48.3 Å². The predicted molar refractivity (Wildman–Crippen MR) is 69.8 cm³/mol. The molecule has 0 saturated carbocycles. The number of imidazole rings is 1. The van der Waals surface area contributed by atoms with Crippen LogP contribution in [0.15, 0.2) is 36.7 Å². The summed E-state index contributed by atoms with van der Waals surface area (Å²) in [7, 11) is 2.00. The topological polar surface area (TPSA) is 53.6 Å². The summed E-state index contributed by atoms with van der Waals surface area (Å²) >= 11 is 0. The highest BCUT2D eigenvalue weighted by Gasteiger charge is 1.98. The van der Waals surface area contributed by atoms with Crippen molar-refractivity contribution in [3.63, 3.8) is 0 Å². The molecule has 92 valence electrons. The fraction of sp³-hybridized carbons (Fsp3) is 0.286. The van der Waals surface area contributed by atoms with Gasteiger partial charge in [-0.15, -0.1) is 0 Å². The lowest BCUT2D eigenvalue weighted by Crippen LogP contribution is -2.18. The summed E-state index contributed by atoms with van der Waals surface area (Å²) in [6, 6.07) is 9.76. The number of aromatic nitrogens is 2. The minimum absolute atomic E-state index is 0.701. The third-order valence-corrected chi connectivity index (χ3v) is 2.86. The van der Waals surface area contributed by atoms with E-state index in [1.165, 1.54) is 5.56 Å². The molecule has 0 atom stereocenters. The number of hydrogen-bond donors (Lipinski definition) is 1. The quantitative estimate of drug-likeness (QED) is 0.808. The molecule has 0 fully saturated rings. The SMILES string of the molecule is Cn1ccnc1CCNCc1ccc(C#N)cc1. The smallest absolute Gasteiger partial charge is 0.109 e. The maximum absolute atomic E-state index is 8.70. The molecule has 0 aliphatic heterocycles. The summed E-state index contributed by atoms with van der Waals surface area (Å²) in [6.07, 6.45) is 4.69.